The highest BCUT2D eigenvalue weighted by molar-refractivity contribution is 7.09. The molecule has 0 spiro atoms. The second-order valence-electron chi connectivity index (χ2n) is 5.70. The average molecular weight is 414 g/mol. The van der Waals surface area contributed by atoms with E-state index >= 15 is 0 Å². The van der Waals surface area contributed by atoms with Gasteiger partial charge in [-0.25, -0.2) is 9.97 Å². The van der Waals surface area contributed by atoms with Crippen molar-refractivity contribution in [2.75, 3.05) is 6.61 Å². The van der Waals surface area contributed by atoms with Crippen molar-refractivity contribution >= 4 is 40.4 Å². The molecule has 26 heavy (non-hydrogen) atoms. The Kier molecular flexibility index (Phi) is 5.67. The number of rotatable bonds is 7. The lowest BCUT2D eigenvalue weighted by molar-refractivity contribution is 0.0999. The average Bonchev–Trinajstić information content (AvgIpc) is 3.28. The van der Waals surface area contributed by atoms with Gasteiger partial charge < -0.3 is 20.0 Å². The predicted molar refractivity (Wildman–Crippen MR) is 102 cm³/mol. The molecular formula is C16H17Cl2N5O2S. The van der Waals surface area contributed by atoms with Gasteiger partial charge in [0, 0.05) is 24.2 Å². The highest BCUT2D eigenvalue weighted by Gasteiger charge is 2.18. The van der Waals surface area contributed by atoms with E-state index in [-0.39, 0.29) is 11.8 Å². The van der Waals surface area contributed by atoms with Gasteiger partial charge in [-0.15, -0.1) is 11.3 Å². The van der Waals surface area contributed by atoms with Crippen molar-refractivity contribution in [1.82, 2.24) is 19.1 Å². The molecule has 3 N–H and O–H groups in total. The maximum absolute atomic E-state index is 11.7. The van der Waals surface area contributed by atoms with E-state index in [1.54, 1.807) is 17.0 Å². The van der Waals surface area contributed by atoms with Crippen molar-refractivity contribution in [2.45, 2.75) is 26.4 Å². The van der Waals surface area contributed by atoms with Gasteiger partial charge >= 0.3 is 0 Å². The number of halogens is 2. The summed E-state index contributed by atoms with van der Waals surface area (Å²) in [6.45, 7) is 2.91. The van der Waals surface area contributed by atoms with E-state index in [9.17, 15) is 4.79 Å². The zero-order chi connectivity index (χ0) is 18.8. The van der Waals surface area contributed by atoms with Crippen LogP contribution in [0.25, 0.3) is 11.4 Å². The van der Waals surface area contributed by atoms with E-state index in [1.165, 1.54) is 11.3 Å². The largest absolute Gasteiger partial charge is 0.396 e. The normalized spacial score (nSPS) is 11.2. The molecule has 3 aromatic rings. The second-order valence-corrected chi connectivity index (χ2v) is 7.36. The van der Waals surface area contributed by atoms with Crippen LogP contribution in [-0.4, -0.2) is 36.7 Å². The van der Waals surface area contributed by atoms with Crippen LogP contribution in [0.4, 0.5) is 0 Å². The SMILES string of the molecule is Cc1c(C(N)=O)cc(-c2csc(Cn3cnc(Cl)c3Cl)n2)n1CCCO. The van der Waals surface area contributed by atoms with Crippen molar-refractivity contribution in [2.24, 2.45) is 5.73 Å². The fourth-order valence-corrected chi connectivity index (χ4v) is 3.81. The maximum atomic E-state index is 11.7. The quantitative estimate of drug-likeness (QED) is 0.621. The van der Waals surface area contributed by atoms with Crippen LogP contribution in [0.5, 0.6) is 0 Å². The summed E-state index contributed by atoms with van der Waals surface area (Å²) < 4.78 is 3.66. The first-order valence-corrected chi connectivity index (χ1v) is 9.47. The Hall–Kier alpha value is -1.87. The molecule has 0 aliphatic heterocycles. The van der Waals surface area contributed by atoms with Gasteiger partial charge in [-0.3, -0.25) is 4.79 Å². The lowest BCUT2D eigenvalue weighted by Crippen LogP contribution is -2.12. The number of primary amides is 1. The summed E-state index contributed by atoms with van der Waals surface area (Å²) in [6.07, 6.45) is 2.13. The van der Waals surface area contributed by atoms with Crippen LogP contribution >= 0.6 is 34.5 Å². The van der Waals surface area contributed by atoms with Crippen molar-refractivity contribution < 1.29 is 9.90 Å². The van der Waals surface area contributed by atoms with Gasteiger partial charge in [-0.2, -0.15) is 0 Å². The Labute approximate surface area is 164 Å². The van der Waals surface area contributed by atoms with E-state index in [2.05, 4.69) is 9.97 Å². The summed E-state index contributed by atoms with van der Waals surface area (Å²) in [5.41, 5.74) is 8.22. The third-order valence-corrected chi connectivity index (χ3v) is 5.63. The Balaban J connectivity index is 1.94. The highest BCUT2D eigenvalue weighted by Crippen LogP contribution is 2.29. The fourth-order valence-electron chi connectivity index (χ4n) is 2.72. The lowest BCUT2D eigenvalue weighted by atomic mass is 10.2. The minimum absolute atomic E-state index is 0.0607. The van der Waals surface area contributed by atoms with Crippen LogP contribution in [0.15, 0.2) is 17.8 Å². The van der Waals surface area contributed by atoms with Crippen LogP contribution in [0.3, 0.4) is 0 Å². The first-order valence-electron chi connectivity index (χ1n) is 7.84. The topological polar surface area (TPSA) is 99.0 Å². The number of aliphatic hydroxyl groups excluding tert-OH is 1. The van der Waals surface area contributed by atoms with E-state index in [1.807, 2.05) is 16.9 Å². The summed E-state index contributed by atoms with van der Waals surface area (Å²) >= 11 is 13.4. The van der Waals surface area contributed by atoms with Gasteiger partial charge in [0.15, 0.2) is 5.15 Å². The third kappa shape index (κ3) is 3.64. The highest BCUT2D eigenvalue weighted by atomic mass is 35.5. The Morgan fingerprint density at radius 3 is 2.81 bits per heavy atom. The summed E-state index contributed by atoms with van der Waals surface area (Å²) in [5, 5.41) is 12.5. The fraction of sp³-hybridized carbons (Fsp3) is 0.312. The number of carbonyl (C=O) groups excluding carboxylic acids is 1. The number of hydrogen-bond donors (Lipinski definition) is 2. The Morgan fingerprint density at radius 1 is 1.42 bits per heavy atom. The van der Waals surface area contributed by atoms with Gasteiger partial charge in [-0.05, 0) is 19.4 Å². The van der Waals surface area contributed by atoms with E-state index in [0.717, 1.165) is 22.1 Å². The number of thiazole rings is 1. The maximum Gasteiger partial charge on any atom is 0.250 e. The first kappa shape index (κ1) is 18.9. The predicted octanol–water partition coefficient (Wildman–Crippen LogP) is 2.95. The van der Waals surface area contributed by atoms with E-state index in [0.29, 0.717) is 30.2 Å². The molecule has 3 rings (SSSR count). The smallest absolute Gasteiger partial charge is 0.250 e. The summed E-state index contributed by atoms with van der Waals surface area (Å²) in [6, 6.07) is 1.74. The molecule has 0 unspecified atom stereocenters. The third-order valence-electron chi connectivity index (χ3n) is 4.02. The zero-order valence-corrected chi connectivity index (χ0v) is 16.3. The van der Waals surface area contributed by atoms with Crippen LogP contribution in [0, 0.1) is 6.92 Å². The van der Waals surface area contributed by atoms with E-state index in [4.69, 9.17) is 34.0 Å². The number of hydrogen-bond acceptors (Lipinski definition) is 5. The monoisotopic (exact) mass is 413 g/mol. The molecule has 0 saturated carbocycles. The lowest BCUT2D eigenvalue weighted by Gasteiger charge is -2.09. The van der Waals surface area contributed by atoms with Crippen LogP contribution in [0.2, 0.25) is 10.3 Å². The van der Waals surface area contributed by atoms with Crippen molar-refractivity contribution in [3.05, 3.63) is 44.3 Å². The molecule has 138 valence electrons. The van der Waals surface area contributed by atoms with Crippen LogP contribution in [0.1, 0.15) is 27.5 Å². The van der Waals surface area contributed by atoms with Gasteiger partial charge in [0.25, 0.3) is 5.91 Å². The summed E-state index contributed by atoms with van der Waals surface area (Å²) in [5.74, 6) is -0.484. The van der Waals surface area contributed by atoms with Crippen LogP contribution in [-0.2, 0) is 13.1 Å². The van der Waals surface area contributed by atoms with Crippen LogP contribution < -0.4 is 5.73 Å². The summed E-state index contributed by atoms with van der Waals surface area (Å²) in [4.78, 5) is 20.3. The molecule has 0 aromatic carbocycles. The van der Waals surface area contributed by atoms with Gasteiger partial charge in [0.05, 0.1) is 29.8 Å². The molecule has 3 heterocycles. The number of amides is 1. The molecule has 10 heteroatoms. The number of aromatic nitrogens is 4. The number of carbonyl (C=O) groups is 1. The molecule has 7 nitrogen and oxygen atoms in total. The molecule has 3 aromatic heterocycles. The number of aliphatic hydroxyl groups is 1. The summed E-state index contributed by atoms with van der Waals surface area (Å²) in [7, 11) is 0. The number of imidazole rings is 1. The minimum atomic E-state index is -0.484. The molecule has 0 bridgehead atoms. The molecule has 0 radical (unpaired) electrons. The molecule has 0 atom stereocenters. The molecule has 0 saturated heterocycles. The van der Waals surface area contributed by atoms with Crippen molar-refractivity contribution in [3.63, 3.8) is 0 Å². The van der Waals surface area contributed by atoms with E-state index < -0.39 is 5.91 Å². The molecule has 0 aliphatic rings. The standard InChI is InChI=1S/C16H17Cl2N5O2S/c1-9-10(16(19)25)5-12(23(9)3-2-4-24)11-7-26-13(21-11)6-22-8-20-14(17)15(22)18/h5,7-8,24H,2-4,6H2,1H3,(H2,19,25). The molecular weight excluding hydrogens is 397 g/mol. The van der Waals surface area contributed by atoms with Gasteiger partial charge in [0.1, 0.15) is 10.2 Å². The Morgan fingerprint density at radius 2 is 2.19 bits per heavy atom. The van der Waals surface area contributed by atoms with Gasteiger partial charge in [-0.1, -0.05) is 23.2 Å². The zero-order valence-electron chi connectivity index (χ0n) is 13.9. The molecule has 0 aliphatic carbocycles. The Bertz CT molecular complexity index is 947. The molecule has 0 fully saturated rings. The minimum Gasteiger partial charge on any atom is -0.396 e. The van der Waals surface area contributed by atoms with Gasteiger partial charge in [0.2, 0.25) is 0 Å². The number of nitrogens with zero attached hydrogens (tertiary/aromatic N) is 4. The molecule has 1 amide bonds. The van der Waals surface area contributed by atoms with Crippen molar-refractivity contribution in [1.29, 1.82) is 0 Å². The van der Waals surface area contributed by atoms with Crippen molar-refractivity contribution in [3.8, 4) is 11.4 Å². The number of nitrogens with two attached hydrogens (primary N) is 1. The first-order chi connectivity index (χ1) is 12.4. The second kappa shape index (κ2) is 7.79.